The van der Waals surface area contributed by atoms with E-state index >= 15 is 22.0 Å². The van der Waals surface area contributed by atoms with Crippen LogP contribution in [0.25, 0.3) is 11.1 Å². The van der Waals surface area contributed by atoms with Crippen molar-refractivity contribution in [2.45, 2.75) is 50.6 Å². The molecule has 4 rings (SSSR count). The lowest BCUT2D eigenvalue weighted by Crippen LogP contribution is -2.42. The summed E-state index contributed by atoms with van der Waals surface area (Å²) in [7, 11) is 0. The average molecular weight is 544 g/mol. The van der Waals surface area contributed by atoms with Gasteiger partial charge in [-0.1, -0.05) is 43.7 Å². The predicted octanol–water partition coefficient (Wildman–Crippen LogP) is 9.17. The summed E-state index contributed by atoms with van der Waals surface area (Å²) in [6.45, 7) is 5.14. The van der Waals surface area contributed by atoms with Gasteiger partial charge < -0.3 is 4.74 Å². The van der Waals surface area contributed by atoms with Crippen LogP contribution in [0.4, 0.5) is 39.5 Å². The molecule has 3 aromatic rings. The van der Waals surface area contributed by atoms with Gasteiger partial charge >= 0.3 is 18.0 Å². The second kappa shape index (κ2) is 9.71. The van der Waals surface area contributed by atoms with Crippen molar-refractivity contribution in [2.24, 2.45) is 0 Å². The van der Waals surface area contributed by atoms with Gasteiger partial charge in [-0.2, -0.15) is 26.3 Å². The molecule has 0 spiro atoms. The van der Waals surface area contributed by atoms with Crippen LogP contribution in [-0.4, -0.2) is 0 Å². The maximum atomic E-state index is 15.3. The number of ether oxygens (including phenoxy) is 1. The Balaban J connectivity index is 1.82. The van der Waals surface area contributed by atoms with Gasteiger partial charge in [0.05, 0.1) is 11.1 Å². The third-order valence-corrected chi connectivity index (χ3v) is 6.38. The minimum Gasteiger partial charge on any atom is -0.426 e. The fourth-order valence-electron chi connectivity index (χ4n) is 4.50. The zero-order chi connectivity index (χ0) is 28.0. The maximum Gasteiger partial charge on any atom is 0.429 e. The summed E-state index contributed by atoms with van der Waals surface area (Å²) in [5, 5.41) is 0. The third-order valence-electron chi connectivity index (χ3n) is 6.38. The van der Waals surface area contributed by atoms with Crippen molar-refractivity contribution in [2.75, 3.05) is 0 Å². The zero-order valence-electron chi connectivity index (χ0n) is 20.0. The standard InChI is InChI=1S/C28H21F9O/c1-3-5-7-15-8-13-21(20(29)14-15)38-28(36,37)19-12-11-18-17-10-9-16(6-4-2)24(30)22(17)26(32,33)27(34,35)23(18)25(19)31/h3,8-14H,1,4-7H2,2H3. The lowest BCUT2D eigenvalue weighted by Gasteiger charge is -2.36. The van der Waals surface area contributed by atoms with Crippen LogP contribution in [0.1, 0.15) is 47.6 Å². The average Bonchev–Trinajstić information content (AvgIpc) is 2.83. The minimum atomic E-state index is -5.39. The highest BCUT2D eigenvalue weighted by Gasteiger charge is 2.66. The molecule has 0 saturated carbocycles. The van der Waals surface area contributed by atoms with E-state index in [9.17, 15) is 17.6 Å². The lowest BCUT2D eigenvalue weighted by atomic mass is 9.78. The summed E-state index contributed by atoms with van der Waals surface area (Å²) >= 11 is 0. The van der Waals surface area contributed by atoms with E-state index in [1.165, 1.54) is 6.07 Å². The second-order valence-corrected chi connectivity index (χ2v) is 8.92. The molecule has 0 unspecified atom stereocenters. The van der Waals surface area contributed by atoms with Crippen molar-refractivity contribution in [1.29, 1.82) is 0 Å². The Kier molecular flexibility index (Phi) is 7.05. The number of rotatable bonds is 8. The van der Waals surface area contributed by atoms with Crippen molar-refractivity contribution in [3.8, 4) is 16.9 Å². The van der Waals surface area contributed by atoms with Gasteiger partial charge in [-0.25, -0.2) is 13.2 Å². The van der Waals surface area contributed by atoms with Crippen molar-refractivity contribution >= 4 is 0 Å². The van der Waals surface area contributed by atoms with Gasteiger partial charge in [0.2, 0.25) is 0 Å². The number of benzene rings is 3. The lowest BCUT2D eigenvalue weighted by molar-refractivity contribution is -0.228. The van der Waals surface area contributed by atoms with E-state index in [0.29, 0.717) is 37.0 Å². The summed E-state index contributed by atoms with van der Waals surface area (Å²) in [4.78, 5) is 0. The number of halogens is 9. The Hall–Kier alpha value is -3.43. The van der Waals surface area contributed by atoms with E-state index in [2.05, 4.69) is 11.3 Å². The first-order valence-corrected chi connectivity index (χ1v) is 11.6. The molecular weight excluding hydrogens is 523 g/mol. The molecule has 1 aliphatic carbocycles. The van der Waals surface area contributed by atoms with Crippen LogP contribution in [0.15, 0.2) is 55.1 Å². The first kappa shape index (κ1) is 27.6. The third kappa shape index (κ3) is 4.33. The molecule has 1 aliphatic rings. The zero-order valence-corrected chi connectivity index (χ0v) is 20.0. The molecule has 1 nitrogen and oxygen atoms in total. The second-order valence-electron chi connectivity index (χ2n) is 8.92. The van der Waals surface area contributed by atoms with Crippen LogP contribution >= 0.6 is 0 Å². The van der Waals surface area contributed by atoms with Gasteiger partial charge in [0, 0.05) is 0 Å². The molecule has 0 N–H and O–H groups in total. The van der Waals surface area contributed by atoms with Crippen molar-refractivity contribution in [1.82, 2.24) is 0 Å². The quantitative estimate of drug-likeness (QED) is 0.203. The summed E-state index contributed by atoms with van der Waals surface area (Å²) in [6, 6.07) is 6.01. The number of fused-ring (bicyclic) bond motifs is 3. The van der Waals surface area contributed by atoms with E-state index in [0.717, 1.165) is 24.3 Å². The van der Waals surface area contributed by atoms with Crippen molar-refractivity contribution < 1.29 is 44.3 Å². The normalized spacial score (nSPS) is 15.5. The molecule has 0 heterocycles. The van der Waals surface area contributed by atoms with Gasteiger partial charge in [-0.05, 0) is 59.7 Å². The molecule has 0 bridgehead atoms. The highest BCUT2D eigenvalue weighted by molar-refractivity contribution is 5.77. The fraction of sp³-hybridized carbons (Fsp3) is 0.286. The van der Waals surface area contributed by atoms with Crippen LogP contribution in [0.5, 0.6) is 5.75 Å². The highest BCUT2D eigenvalue weighted by Crippen LogP contribution is 2.60. The molecule has 0 aromatic heterocycles. The first-order valence-electron chi connectivity index (χ1n) is 11.6. The minimum absolute atomic E-state index is 0.0176. The van der Waals surface area contributed by atoms with Crippen molar-refractivity contribution in [3.05, 3.63) is 100 Å². The molecule has 10 heteroatoms. The monoisotopic (exact) mass is 544 g/mol. The predicted molar refractivity (Wildman–Crippen MR) is 123 cm³/mol. The fourth-order valence-corrected chi connectivity index (χ4v) is 4.50. The van der Waals surface area contributed by atoms with E-state index in [1.807, 2.05) is 0 Å². The van der Waals surface area contributed by atoms with E-state index in [4.69, 9.17) is 0 Å². The maximum absolute atomic E-state index is 15.3. The Labute approximate surface area is 212 Å². The summed E-state index contributed by atoms with van der Waals surface area (Å²) in [5.74, 6) is -16.8. The Morgan fingerprint density at radius 2 is 1.45 bits per heavy atom. The van der Waals surface area contributed by atoms with Crippen LogP contribution in [-0.2, 0) is 30.8 Å². The molecule has 202 valence electrons. The molecular formula is C28H21F9O. The molecule has 38 heavy (non-hydrogen) atoms. The number of alkyl halides is 6. The molecule has 0 aliphatic heterocycles. The largest absolute Gasteiger partial charge is 0.429 e. The Morgan fingerprint density at radius 3 is 2.03 bits per heavy atom. The smallest absolute Gasteiger partial charge is 0.426 e. The Morgan fingerprint density at radius 1 is 0.842 bits per heavy atom. The van der Waals surface area contributed by atoms with Gasteiger partial charge in [-0.3, -0.25) is 0 Å². The molecule has 0 fully saturated rings. The van der Waals surface area contributed by atoms with E-state index in [1.54, 1.807) is 13.0 Å². The number of hydrogen-bond acceptors (Lipinski definition) is 1. The van der Waals surface area contributed by atoms with Crippen LogP contribution < -0.4 is 4.74 Å². The summed E-state index contributed by atoms with van der Waals surface area (Å²) in [5.41, 5.74) is -6.90. The van der Waals surface area contributed by atoms with Crippen molar-refractivity contribution in [3.63, 3.8) is 0 Å². The summed E-state index contributed by atoms with van der Waals surface area (Å²) < 4.78 is 139. The van der Waals surface area contributed by atoms with Gasteiger partial charge in [0.25, 0.3) is 0 Å². The molecule has 0 saturated heterocycles. The molecule has 0 atom stereocenters. The molecule has 0 radical (unpaired) electrons. The van der Waals surface area contributed by atoms with E-state index < -0.39 is 69.0 Å². The van der Waals surface area contributed by atoms with E-state index in [-0.39, 0.29) is 12.0 Å². The van der Waals surface area contributed by atoms with Crippen LogP contribution in [0.2, 0.25) is 0 Å². The number of allylic oxidation sites excluding steroid dienone is 1. The summed E-state index contributed by atoms with van der Waals surface area (Å²) in [6.07, 6.45) is -2.03. The van der Waals surface area contributed by atoms with Gasteiger partial charge in [-0.15, -0.1) is 6.58 Å². The topological polar surface area (TPSA) is 9.23 Å². The number of hydrogen-bond donors (Lipinski definition) is 0. The Bertz CT molecular complexity index is 1400. The number of aryl methyl sites for hydroxylation is 2. The van der Waals surface area contributed by atoms with Crippen LogP contribution in [0, 0.1) is 17.5 Å². The van der Waals surface area contributed by atoms with Crippen LogP contribution in [0.3, 0.4) is 0 Å². The molecule has 3 aromatic carbocycles. The molecule has 0 amide bonds. The first-order chi connectivity index (χ1) is 17.8. The van der Waals surface area contributed by atoms with Gasteiger partial charge in [0.1, 0.15) is 17.2 Å². The van der Waals surface area contributed by atoms with Gasteiger partial charge in [0.15, 0.2) is 11.6 Å². The highest BCUT2D eigenvalue weighted by atomic mass is 19.3. The SMILES string of the molecule is C=CCCc1ccc(OC(F)(F)c2ccc3c(c2F)C(F)(F)C(F)(F)c2c-3ccc(CCC)c2F)c(F)c1.